The third kappa shape index (κ3) is 4.41. The SMILES string of the molecule is COc1cccc(C(=O)N2CC[C@@H](C(=O)NCCCn3cccn3)C2)c1. The Kier molecular flexibility index (Phi) is 5.88. The van der Waals surface area contributed by atoms with E-state index in [0.29, 0.717) is 37.4 Å². The van der Waals surface area contributed by atoms with Crippen LogP contribution in [0.5, 0.6) is 5.75 Å². The van der Waals surface area contributed by atoms with Crippen LogP contribution in [0, 0.1) is 5.92 Å². The number of likely N-dealkylation sites (tertiary alicyclic amines) is 1. The fourth-order valence-corrected chi connectivity index (χ4v) is 3.13. The van der Waals surface area contributed by atoms with E-state index in [0.717, 1.165) is 13.0 Å². The number of rotatable bonds is 7. The van der Waals surface area contributed by atoms with Gasteiger partial charge in [0, 0.05) is 44.1 Å². The van der Waals surface area contributed by atoms with E-state index in [1.54, 1.807) is 42.5 Å². The summed E-state index contributed by atoms with van der Waals surface area (Å²) in [5, 5.41) is 7.10. The first-order chi connectivity index (χ1) is 12.7. The average Bonchev–Trinajstić information content (AvgIpc) is 3.36. The number of ether oxygens (including phenoxy) is 1. The number of nitrogens with zero attached hydrogens (tertiary/aromatic N) is 3. The van der Waals surface area contributed by atoms with Crippen molar-refractivity contribution >= 4 is 11.8 Å². The zero-order valence-corrected chi connectivity index (χ0v) is 14.9. The van der Waals surface area contributed by atoms with E-state index in [-0.39, 0.29) is 17.7 Å². The van der Waals surface area contributed by atoms with Crippen LogP contribution in [-0.2, 0) is 11.3 Å². The molecule has 0 aliphatic carbocycles. The monoisotopic (exact) mass is 356 g/mol. The van der Waals surface area contributed by atoms with Gasteiger partial charge >= 0.3 is 0 Å². The van der Waals surface area contributed by atoms with Crippen molar-refractivity contribution in [3.8, 4) is 5.75 Å². The Balaban J connectivity index is 1.45. The zero-order valence-electron chi connectivity index (χ0n) is 14.9. The van der Waals surface area contributed by atoms with Gasteiger partial charge in [0.15, 0.2) is 0 Å². The molecule has 1 fully saturated rings. The van der Waals surface area contributed by atoms with Crippen LogP contribution in [0.4, 0.5) is 0 Å². The number of benzene rings is 1. The maximum Gasteiger partial charge on any atom is 0.254 e. The van der Waals surface area contributed by atoms with Crippen LogP contribution < -0.4 is 10.1 Å². The minimum absolute atomic E-state index is 0.0198. The summed E-state index contributed by atoms with van der Waals surface area (Å²) in [5.74, 6) is 0.472. The molecule has 7 nitrogen and oxygen atoms in total. The number of carbonyl (C=O) groups excluding carboxylic acids is 2. The highest BCUT2D eigenvalue weighted by Gasteiger charge is 2.31. The maximum atomic E-state index is 12.6. The van der Waals surface area contributed by atoms with Gasteiger partial charge in [0.2, 0.25) is 5.91 Å². The largest absolute Gasteiger partial charge is 0.497 e. The first-order valence-electron chi connectivity index (χ1n) is 8.86. The van der Waals surface area contributed by atoms with Crippen LogP contribution >= 0.6 is 0 Å². The van der Waals surface area contributed by atoms with Gasteiger partial charge in [-0.2, -0.15) is 5.10 Å². The molecule has 1 aliphatic rings. The van der Waals surface area contributed by atoms with Crippen LogP contribution in [0.3, 0.4) is 0 Å². The second-order valence-corrected chi connectivity index (χ2v) is 6.38. The van der Waals surface area contributed by atoms with Crippen molar-refractivity contribution in [2.24, 2.45) is 5.92 Å². The fourth-order valence-electron chi connectivity index (χ4n) is 3.13. The van der Waals surface area contributed by atoms with Gasteiger partial charge in [-0.1, -0.05) is 6.07 Å². The molecule has 2 aromatic rings. The van der Waals surface area contributed by atoms with Crippen molar-refractivity contribution in [1.29, 1.82) is 0 Å². The third-order valence-corrected chi connectivity index (χ3v) is 4.59. The summed E-state index contributed by atoms with van der Waals surface area (Å²) in [6.45, 7) is 2.44. The number of aryl methyl sites for hydroxylation is 1. The molecule has 0 saturated carbocycles. The Morgan fingerprint density at radius 3 is 3.00 bits per heavy atom. The normalized spacial score (nSPS) is 16.5. The molecular weight excluding hydrogens is 332 g/mol. The number of aromatic nitrogens is 2. The van der Waals surface area contributed by atoms with Crippen molar-refractivity contribution in [2.75, 3.05) is 26.7 Å². The van der Waals surface area contributed by atoms with Crippen molar-refractivity contribution in [3.05, 3.63) is 48.3 Å². The molecule has 7 heteroatoms. The van der Waals surface area contributed by atoms with E-state index in [9.17, 15) is 9.59 Å². The van der Waals surface area contributed by atoms with Crippen LogP contribution in [0.2, 0.25) is 0 Å². The van der Waals surface area contributed by atoms with Gasteiger partial charge in [0.1, 0.15) is 5.75 Å². The zero-order chi connectivity index (χ0) is 18.4. The lowest BCUT2D eigenvalue weighted by Crippen LogP contribution is -2.35. The molecule has 138 valence electrons. The number of nitrogens with one attached hydrogen (secondary N) is 1. The molecule has 0 radical (unpaired) electrons. The number of carbonyl (C=O) groups is 2. The Bertz CT molecular complexity index is 745. The van der Waals surface area contributed by atoms with Gasteiger partial charge < -0.3 is 15.0 Å². The smallest absolute Gasteiger partial charge is 0.254 e. The second kappa shape index (κ2) is 8.51. The van der Waals surface area contributed by atoms with E-state index >= 15 is 0 Å². The van der Waals surface area contributed by atoms with Gasteiger partial charge in [-0.3, -0.25) is 14.3 Å². The molecule has 1 aliphatic heterocycles. The average molecular weight is 356 g/mol. The molecule has 3 rings (SSSR count). The summed E-state index contributed by atoms with van der Waals surface area (Å²) in [4.78, 5) is 26.7. The second-order valence-electron chi connectivity index (χ2n) is 6.38. The van der Waals surface area contributed by atoms with E-state index < -0.39 is 0 Å². The maximum absolute atomic E-state index is 12.6. The first kappa shape index (κ1) is 18.0. The number of hydrogen-bond donors (Lipinski definition) is 1. The van der Waals surface area contributed by atoms with Crippen molar-refractivity contribution in [2.45, 2.75) is 19.4 Å². The number of amides is 2. The van der Waals surface area contributed by atoms with E-state index in [2.05, 4.69) is 10.4 Å². The number of methoxy groups -OCH3 is 1. The van der Waals surface area contributed by atoms with E-state index in [1.165, 1.54) is 0 Å². The van der Waals surface area contributed by atoms with E-state index in [1.807, 2.05) is 16.9 Å². The van der Waals surface area contributed by atoms with Crippen molar-refractivity contribution in [1.82, 2.24) is 20.0 Å². The van der Waals surface area contributed by atoms with Crippen LogP contribution in [-0.4, -0.2) is 53.2 Å². The summed E-state index contributed by atoms with van der Waals surface area (Å²) in [6.07, 6.45) is 5.17. The minimum Gasteiger partial charge on any atom is -0.497 e. The molecule has 0 unspecified atom stereocenters. The fraction of sp³-hybridized carbons (Fsp3) is 0.421. The molecule has 0 spiro atoms. The highest BCUT2D eigenvalue weighted by molar-refractivity contribution is 5.95. The lowest BCUT2D eigenvalue weighted by molar-refractivity contribution is -0.124. The number of hydrogen-bond acceptors (Lipinski definition) is 4. The predicted molar refractivity (Wildman–Crippen MR) is 96.9 cm³/mol. The molecule has 1 aromatic heterocycles. The summed E-state index contributed by atoms with van der Waals surface area (Å²) in [7, 11) is 1.58. The molecule has 1 aromatic carbocycles. The lowest BCUT2D eigenvalue weighted by Gasteiger charge is -2.17. The lowest BCUT2D eigenvalue weighted by atomic mass is 10.1. The van der Waals surface area contributed by atoms with Gasteiger partial charge in [0.05, 0.1) is 13.0 Å². The summed E-state index contributed by atoms with van der Waals surface area (Å²) >= 11 is 0. The standard InChI is InChI=1S/C19H24N4O3/c1-26-17-6-2-5-15(13-17)19(25)22-12-7-16(14-22)18(24)20-8-3-10-23-11-4-9-21-23/h2,4-6,9,11,13,16H,3,7-8,10,12,14H2,1H3,(H,20,24)/t16-/m1/s1. The van der Waals surface area contributed by atoms with E-state index in [4.69, 9.17) is 4.74 Å². The van der Waals surface area contributed by atoms with Crippen molar-refractivity contribution < 1.29 is 14.3 Å². The molecule has 0 bridgehead atoms. The summed E-state index contributed by atoms with van der Waals surface area (Å²) in [6, 6.07) is 8.98. The van der Waals surface area contributed by atoms with Gasteiger partial charge in [-0.05, 0) is 37.1 Å². The summed E-state index contributed by atoms with van der Waals surface area (Å²) < 4.78 is 7.01. The Hall–Kier alpha value is -2.83. The van der Waals surface area contributed by atoms with Gasteiger partial charge in [-0.15, -0.1) is 0 Å². The molecule has 2 amide bonds. The molecular formula is C19H24N4O3. The molecule has 1 saturated heterocycles. The topological polar surface area (TPSA) is 76.5 Å². The summed E-state index contributed by atoms with van der Waals surface area (Å²) in [5.41, 5.74) is 0.588. The Labute approximate surface area is 152 Å². The molecule has 1 atom stereocenters. The highest BCUT2D eigenvalue weighted by Crippen LogP contribution is 2.21. The van der Waals surface area contributed by atoms with Gasteiger partial charge in [-0.25, -0.2) is 0 Å². The minimum atomic E-state index is -0.144. The molecule has 1 N–H and O–H groups in total. The Morgan fingerprint density at radius 2 is 2.23 bits per heavy atom. The molecule has 26 heavy (non-hydrogen) atoms. The first-order valence-corrected chi connectivity index (χ1v) is 8.86. The van der Waals surface area contributed by atoms with Crippen LogP contribution in [0.25, 0.3) is 0 Å². The van der Waals surface area contributed by atoms with Gasteiger partial charge in [0.25, 0.3) is 5.91 Å². The van der Waals surface area contributed by atoms with Crippen LogP contribution in [0.1, 0.15) is 23.2 Å². The third-order valence-electron chi connectivity index (χ3n) is 4.59. The van der Waals surface area contributed by atoms with Crippen molar-refractivity contribution in [3.63, 3.8) is 0 Å². The Morgan fingerprint density at radius 1 is 1.35 bits per heavy atom. The highest BCUT2D eigenvalue weighted by atomic mass is 16.5. The van der Waals surface area contributed by atoms with Crippen LogP contribution in [0.15, 0.2) is 42.7 Å². The quantitative estimate of drug-likeness (QED) is 0.764. The predicted octanol–water partition coefficient (Wildman–Crippen LogP) is 1.56. The molecule has 2 heterocycles.